The molecule has 38 heavy (non-hydrogen) atoms. The first-order chi connectivity index (χ1) is 17.9. The van der Waals surface area contributed by atoms with Crippen molar-refractivity contribution in [3.8, 4) is 5.75 Å². The summed E-state index contributed by atoms with van der Waals surface area (Å²) in [4.78, 5) is 20.6. The number of fused-ring (bicyclic) bond motifs is 4. The molecule has 1 amide bonds. The predicted octanol–water partition coefficient (Wildman–Crippen LogP) is 4.44. The third-order valence-electron chi connectivity index (χ3n) is 8.10. The summed E-state index contributed by atoms with van der Waals surface area (Å²) in [7, 11) is 0. The van der Waals surface area contributed by atoms with Crippen molar-refractivity contribution in [3.63, 3.8) is 0 Å². The van der Waals surface area contributed by atoms with Crippen molar-refractivity contribution >= 4 is 16.9 Å². The van der Waals surface area contributed by atoms with Gasteiger partial charge in [0.25, 0.3) is 5.91 Å². The zero-order valence-electron chi connectivity index (χ0n) is 21.1. The number of alkyl halides is 3. The Morgan fingerprint density at radius 1 is 1.16 bits per heavy atom. The number of nitrogens with zero attached hydrogens (tertiary/aromatic N) is 1. The lowest BCUT2D eigenvalue weighted by molar-refractivity contribution is -0.140. The van der Waals surface area contributed by atoms with Crippen LogP contribution >= 0.6 is 0 Å². The second-order valence-electron chi connectivity index (χ2n) is 10.6. The highest BCUT2D eigenvalue weighted by Gasteiger charge is 2.54. The lowest BCUT2D eigenvalue weighted by Gasteiger charge is -2.56. The van der Waals surface area contributed by atoms with E-state index in [0.717, 1.165) is 35.8 Å². The predicted molar refractivity (Wildman–Crippen MR) is 132 cm³/mol. The maximum absolute atomic E-state index is 13.8. The molecule has 3 fully saturated rings. The molecule has 3 saturated carbocycles. The molecule has 3 aliphatic carbocycles. The number of H-pyrrole nitrogens is 1. The van der Waals surface area contributed by atoms with Crippen molar-refractivity contribution in [2.75, 3.05) is 6.61 Å². The fraction of sp³-hybridized carbons (Fsp3) is 0.481. The van der Waals surface area contributed by atoms with E-state index in [4.69, 9.17) is 4.74 Å². The largest absolute Gasteiger partial charge is 0.484 e. The van der Waals surface area contributed by atoms with Crippen LogP contribution in [0.15, 0.2) is 30.3 Å². The molecule has 3 aliphatic rings. The van der Waals surface area contributed by atoms with Gasteiger partial charge >= 0.3 is 6.18 Å². The summed E-state index contributed by atoms with van der Waals surface area (Å²) in [5.74, 6) is -1.36. The molecule has 6 rings (SSSR count). The van der Waals surface area contributed by atoms with Gasteiger partial charge in [-0.1, -0.05) is 0 Å². The van der Waals surface area contributed by atoms with E-state index >= 15 is 0 Å². The summed E-state index contributed by atoms with van der Waals surface area (Å²) in [5, 5.41) is 17.5. The Kier molecular flexibility index (Phi) is 6.63. The van der Waals surface area contributed by atoms with E-state index in [2.05, 4.69) is 46.6 Å². The molecule has 3 aromatic rings. The van der Waals surface area contributed by atoms with Gasteiger partial charge in [0.2, 0.25) is 0 Å². The molecule has 11 heteroatoms. The van der Waals surface area contributed by atoms with E-state index in [1.807, 2.05) is 0 Å². The number of aliphatic hydroxyl groups excluding tert-OH is 1. The molecule has 0 unspecified atom stereocenters. The first-order valence-corrected chi connectivity index (χ1v) is 12.6. The zero-order chi connectivity index (χ0) is 27.3. The van der Waals surface area contributed by atoms with E-state index in [1.54, 1.807) is 0 Å². The number of ether oxygens (including phenoxy) is 1. The number of aliphatic hydroxyl groups is 1. The number of hydrogen-bond donors (Lipinski definition) is 4. The molecule has 2 bridgehead atoms. The molecule has 0 spiro atoms. The monoisotopic (exact) mass is 534 g/mol. The number of carbonyl (C=O) groups is 1. The van der Waals surface area contributed by atoms with Crippen LogP contribution < -0.4 is 15.4 Å². The summed E-state index contributed by atoms with van der Waals surface area (Å²) >= 11 is 0. The summed E-state index contributed by atoms with van der Waals surface area (Å²) in [6.07, 6.45) is -2.55. The van der Waals surface area contributed by atoms with Crippen molar-refractivity contribution in [1.29, 1.82) is 0 Å². The minimum absolute atomic E-state index is 0.185. The second-order valence-corrected chi connectivity index (χ2v) is 10.6. The molecular weight excluding hydrogens is 504 g/mol. The number of nitrogens with one attached hydrogen (secondary N) is 3. The van der Waals surface area contributed by atoms with Gasteiger partial charge in [0, 0.05) is 11.6 Å². The van der Waals surface area contributed by atoms with Crippen LogP contribution in [0.5, 0.6) is 5.75 Å². The van der Waals surface area contributed by atoms with E-state index in [9.17, 15) is 27.5 Å². The van der Waals surface area contributed by atoms with Crippen LogP contribution in [0.25, 0.3) is 11.0 Å². The number of rotatable bonds is 7. The number of aromatic amines is 1. The number of imidazole rings is 1. The van der Waals surface area contributed by atoms with Crippen molar-refractivity contribution in [3.05, 3.63) is 58.7 Å². The number of halogens is 4. The molecular formula is C27H30F4N4O3. The van der Waals surface area contributed by atoms with E-state index in [1.165, 1.54) is 11.1 Å². The molecule has 0 saturated heterocycles. The first-order valence-electron chi connectivity index (χ1n) is 12.6. The van der Waals surface area contributed by atoms with Crippen LogP contribution in [0.3, 0.4) is 0 Å². The van der Waals surface area contributed by atoms with Crippen molar-refractivity contribution in [1.82, 2.24) is 20.6 Å². The van der Waals surface area contributed by atoms with Crippen molar-refractivity contribution in [2.45, 2.75) is 75.9 Å². The molecule has 0 aliphatic heterocycles. The van der Waals surface area contributed by atoms with Crippen LogP contribution in [0.1, 0.15) is 54.6 Å². The van der Waals surface area contributed by atoms with E-state index in [-0.39, 0.29) is 11.3 Å². The Morgan fingerprint density at radius 2 is 1.87 bits per heavy atom. The SMILES string of the molecule is Cc1cc2nc(CNC34CCC(NC(=O)COc5ccc(C(F)(F)F)c(F)c5)(CC3)[C@@H](O)C4)[nH]c2cc1C. The summed E-state index contributed by atoms with van der Waals surface area (Å²) in [5.41, 5.74) is 1.80. The fourth-order valence-corrected chi connectivity index (χ4v) is 5.69. The van der Waals surface area contributed by atoms with Crippen molar-refractivity contribution in [2.24, 2.45) is 0 Å². The number of amides is 1. The molecule has 0 radical (unpaired) electrons. The highest BCUT2D eigenvalue weighted by atomic mass is 19.4. The summed E-state index contributed by atoms with van der Waals surface area (Å²) in [6, 6.07) is 6.29. The van der Waals surface area contributed by atoms with Crippen LogP contribution in [0.4, 0.5) is 17.6 Å². The van der Waals surface area contributed by atoms with Gasteiger partial charge in [-0.25, -0.2) is 9.37 Å². The molecule has 2 aromatic carbocycles. The van der Waals surface area contributed by atoms with Gasteiger partial charge in [0.05, 0.1) is 34.8 Å². The van der Waals surface area contributed by atoms with Gasteiger partial charge in [-0.2, -0.15) is 13.2 Å². The maximum atomic E-state index is 13.8. The van der Waals surface area contributed by atoms with E-state index in [0.29, 0.717) is 37.9 Å². The molecule has 204 valence electrons. The number of aromatic nitrogens is 2. The van der Waals surface area contributed by atoms with Gasteiger partial charge in [0.15, 0.2) is 6.61 Å². The second kappa shape index (κ2) is 9.53. The number of benzene rings is 2. The van der Waals surface area contributed by atoms with Gasteiger partial charge in [-0.15, -0.1) is 0 Å². The van der Waals surface area contributed by atoms with Gasteiger partial charge < -0.3 is 25.5 Å². The average molecular weight is 535 g/mol. The maximum Gasteiger partial charge on any atom is 0.419 e. The Balaban J connectivity index is 1.16. The molecule has 4 N–H and O–H groups in total. The Morgan fingerprint density at radius 3 is 2.53 bits per heavy atom. The molecule has 1 atom stereocenters. The average Bonchev–Trinajstić information content (AvgIpc) is 3.24. The highest BCUT2D eigenvalue weighted by Crippen LogP contribution is 2.47. The smallest absolute Gasteiger partial charge is 0.419 e. The van der Waals surface area contributed by atoms with Gasteiger partial charge in [-0.05, 0) is 81.3 Å². The number of aryl methyl sites for hydroxylation is 2. The Hall–Kier alpha value is -3.18. The van der Waals surface area contributed by atoms with Crippen LogP contribution in [-0.4, -0.2) is 44.8 Å². The van der Waals surface area contributed by atoms with Crippen LogP contribution in [0, 0.1) is 19.7 Å². The Labute approximate surface area is 217 Å². The quantitative estimate of drug-likeness (QED) is 0.336. The fourth-order valence-electron chi connectivity index (χ4n) is 5.69. The summed E-state index contributed by atoms with van der Waals surface area (Å²) in [6.45, 7) is 4.13. The summed E-state index contributed by atoms with van der Waals surface area (Å²) < 4.78 is 57.2. The Bertz CT molecular complexity index is 1320. The normalized spacial score (nSPS) is 25.1. The third kappa shape index (κ3) is 5.09. The first kappa shape index (κ1) is 26.4. The van der Waals surface area contributed by atoms with Gasteiger partial charge in [-0.3, -0.25) is 4.79 Å². The minimum Gasteiger partial charge on any atom is -0.484 e. The highest BCUT2D eigenvalue weighted by molar-refractivity contribution is 5.78. The number of hydrogen-bond acceptors (Lipinski definition) is 5. The van der Waals surface area contributed by atoms with Crippen LogP contribution in [-0.2, 0) is 17.5 Å². The zero-order valence-corrected chi connectivity index (χ0v) is 21.1. The minimum atomic E-state index is -4.81. The topological polar surface area (TPSA) is 99.3 Å². The molecule has 1 heterocycles. The van der Waals surface area contributed by atoms with Crippen molar-refractivity contribution < 1.29 is 32.2 Å². The lowest BCUT2D eigenvalue weighted by Crippen LogP contribution is -2.69. The number of carbonyl (C=O) groups excluding carboxylic acids is 1. The van der Waals surface area contributed by atoms with Crippen LogP contribution in [0.2, 0.25) is 0 Å². The van der Waals surface area contributed by atoms with Gasteiger partial charge in [0.1, 0.15) is 17.4 Å². The third-order valence-corrected chi connectivity index (χ3v) is 8.10. The van der Waals surface area contributed by atoms with E-state index < -0.39 is 41.7 Å². The standard InChI is InChI=1S/C27H30F4N4O3/c1-15-9-20-21(10-16(15)2)34-23(33-20)13-32-25-5-7-26(8-6-25,22(36)12-25)35-24(37)14-38-17-3-4-18(19(28)11-17)27(29,30)31/h3-4,9-11,22,32,36H,5-8,12-14H2,1-2H3,(H,33,34)(H,35,37)/t22-,25?,26?/m0/s1. The lowest BCUT2D eigenvalue weighted by atomic mass is 9.60. The molecule has 7 nitrogen and oxygen atoms in total. The molecule has 1 aromatic heterocycles.